The van der Waals surface area contributed by atoms with Crippen LogP contribution in [0.4, 0.5) is 4.79 Å². The lowest BCUT2D eigenvalue weighted by Gasteiger charge is -2.04. The standard InChI is InChI=1S/C18H16N2O2S/c19-17(23)16-10-8-14(9-11-16)7-4-12-20-18(21)22-13-15-5-2-1-3-6-15/h1-3,5-6,8-11H,12-13H2,(H2,19,23)(H,20,21). The lowest BCUT2D eigenvalue weighted by molar-refractivity contribution is 0.141. The molecule has 0 aliphatic carbocycles. The molecular weight excluding hydrogens is 308 g/mol. The van der Waals surface area contributed by atoms with E-state index in [9.17, 15) is 4.79 Å². The summed E-state index contributed by atoms with van der Waals surface area (Å²) in [6, 6.07) is 16.8. The molecule has 0 heterocycles. The highest BCUT2D eigenvalue weighted by atomic mass is 32.1. The third-order valence-electron chi connectivity index (χ3n) is 2.94. The molecular formula is C18H16N2O2S. The van der Waals surface area contributed by atoms with Gasteiger partial charge in [0.05, 0.1) is 6.54 Å². The maximum absolute atomic E-state index is 11.5. The molecule has 0 aliphatic rings. The highest BCUT2D eigenvalue weighted by Gasteiger charge is 2.00. The largest absolute Gasteiger partial charge is 0.445 e. The Labute approximate surface area is 140 Å². The molecule has 2 aromatic carbocycles. The van der Waals surface area contributed by atoms with Gasteiger partial charge in [0, 0.05) is 11.1 Å². The summed E-state index contributed by atoms with van der Waals surface area (Å²) in [7, 11) is 0. The predicted octanol–water partition coefficient (Wildman–Crippen LogP) is 2.60. The highest BCUT2D eigenvalue weighted by molar-refractivity contribution is 7.80. The van der Waals surface area contributed by atoms with Gasteiger partial charge in [-0.05, 0) is 17.7 Å². The zero-order chi connectivity index (χ0) is 16.5. The van der Waals surface area contributed by atoms with Gasteiger partial charge in [-0.1, -0.05) is 66.5 Å². The number of hydrogen-bond acceptors (Lipinski definition) is 3. The fourth-order valence-corrected chi connectivity index (χ4v) is 1.89. The number of benzene rings is 2. The lowest BCUT2D eigenvalue weighted by Crippen LogP contribution is -2.24. The van der Waals surface area contributed by atoms with Crippen LogP contribution in [0.1, 0.15) is 16.7 Å². The molecule has 0 bridgehead atoms. The molecule has 1 amide bonds. The third kappa shape index (κ3) is 5.81. The van der Waals surface area contributed by atoms with Gasteiger partial charge in [-0.15, -0.1) is 0 Å². The summed E-state index contributed by atoms with van der Waals surface area (Å²) >= 11 is 4.88. The van der Waals surface area contributed by atoms with E-state index in [2.05, 4.69) is 17.2 Å². The van der Waals surface area contributed by atoms with Gasteiger partial charge >= 0.3 is 6.09 Å². The molecule has 5 heteroatoms. The zero-order valence-corrected chi connectivity index (χ0v) is 13.2. The SMILES string of the molecule is NC(=S)c1ccc(C#CCNC(=O)OCc2ccccc2)cc1. The zero-order valence-electron chi connectivity index (χ0n) is 12.4. The number of carbonyl (C=O) groups excluding carboxylic acids is 1. The van der Waals surface area contributed by atoms with Crippen LogP contribution >= 0.6 is 12.2 Å². The molecule has 3 N–H and O–H groups in total. The van der Waals surface area contributed by atoms with Crippen molar-refractivity contribution in [1.29, 1.82) is 0 Å². The molecule has 0 aromatic heterocycles. The number of hydrogen-bond donors (Lipinski definition) is 2. The fourth-order valence-electron chi connectivity index (χ4n) is 1.75. The molecule has 0 unspecified atom stereocenters. The Kier molecular flexibility index (Phi) is 6.16. The second-order valence-electron chi connectivity index (χ2n) is 4.66. The Morgan fingerprint density at radius 1 is 1.13 bits per heavy atom. The van der Waals surface area contributed by atoms with Gasteiger partial charge < -0.3 is 15.8 Å². The van der Waals surface area contributed by atoms with Crippen LogP contribution in [0.15, 0.2) is 54.6 Å². The summed E-state index contributed by atoms with van der Waals surface area (Å²) < 4.78 is 5.08. The summed E-state index contributed by atoms with van der Waals surface area (Å²) in [5.41, 5.74) is 8.08. The molecule has 2 rings (SSSR count). The van der Waals surface area contributed by atoms with Gasteiger partial charge in [-0.3, -0.25) is 0 Å². The molecule has 0 saturated carbocycles. The molecule has 0 spiro atoms. The molecule has 0 saturated heterocycles. The average molecular weight is 324 g/mol. The lowest BCUT2D eigenvalue weighted by atomic mass is 10.1. The summed E-state index contributed by atoms with van der Waals surface area (Å²) in [5, 5.41) is 2.58. The second-order valence-corrected chi connectivity index (χ2v) is 5.10. The first-order chi connectivity index (χ1) is 11.1. The average Bonchev–Trinajstić information content (AvgIpc) is 2.58. The van der Waals surface area contributed by atoms with Crippen LogP contribution in [0.25, 0.3) is 0 Å². The van der Waals surface area contributed by atoms with Gasteiger partial charge in [0.1, 0.15) is 11.6 Å². The Balaban J connectivity index is 1.74. The second kappa shape index (κ2) is 8.57. The smallest absolute Gasteiger partial charge is 0.408 e. The van der Waals surface area contributed by atoms with Crippen molar-refractivity contribution in [1.82, 2.24) is 5.32 Å². The minimum Gasteiger partial charge on any atom is -0.445 e. The van der Waals surface area contributed by atoms with E-state index >= 15 is 0 Å². The molecule has 0 atom stereocenters. The number of rotatable bonds is 4. The summed E-state index contributed by atoms with van der Waals surface area (Å²) in [6.45, 7) is 0.450. The summed E-state index contributed by atoms with van der Waals surface area (Å²) in [4.78, 5) is 11.9. The van der Waals surface area contributed by atoms with Crippen LogP contribution in [-0.2, 0) is 11.3 Å². The van der Waals surface area contributed by atoms with Crippen molar-refractivity contribution < 1.29 is 9.53 Å². The molecule has 116 valence electrons. The molecule has 0 fully saturated rings. The number of carbonyl (C=O) groups is 1. The monoisotopic (exact) mass is 324 g/mol. The quantitative estimate of drug-likeness (QED) is 0.670. The summed E-state index contributed by atoms with van der Waals surface area (Å²) in [6.07, 6.45) is -0.494. The van der Waals surface area contributed by atoms with Gasteiger partial charge in [-0.25, -0.2) is 4.79 Å². The van der Waals surface area contributed by atoms with Gasteiger partial charge in [-0.2, -0.15) is 0 Å². The number of thiocarbonyl (C=S) groups is 1. The fraction of sp³-hybridized carbons (Fsp3) is 0.111. The predicted molar refractivity (Wildman–Crippen MR) is 93.8 cm³/mol. The molecule has 4 nitrogen and oxygen atoms in total. The first-order valence-corrected chi connectivity index (χ1v) is 7.39. The van der Waals surface area contributed by atoms with Gasteiger partial charge in [0.15, 0.2) is 0 Å². The first-order valence-electron chi connectivity index (χ1n) is 6.98. The van der Waals surface area contributed by atoms with Crippen LogP contribution in [0, 0.1) is 11.8 Å². The maximum Gasteiger partial charge on any atom is 0.408 e. The van der Waals surface area contributed by atoms with Crippen molar-refractivity contribution in [2.75, 3.05) is 6.54 Å². The van der Waals surface area contributed by atoms with E-state index in [1.807, 2.05) is 54.6 Å². The van der Waals surface area contributed by atoms with Crippen molar-refractivity contribution in [3.05, 3.63) is 71.3 Å². The van der Waals surface area contributed by atoms with E-state index < -0.39 is 6.09 Å². The molecule has 2 aromatic rings. The van der Waals surface area contributed by atoms with Crippen molar-refractivity contribution >= 4 is 23.3 Å². The highest BCUT2D eigenvalue weighted by Crippen LogP contribution is 2.03. The normalized spacial score (nSPS) is 9.39. The Morgan fingerprint density at radius 2 is 1.83 bits per heavy atom. The van der Waals surface area contributed by atoms with Gasteiger partial charge in [0.2, 0.25) is 0 Å². The molecule has 0 aliphatic heterocycles. The third-order valence-corrected chi connectivity index (χ3v) is 3.17. The first kappa shape index (κ1) is 16.5. The Hall–Kier alpha value is -2.84. The topological polar surface area (TPSA) is 64.3 Å². The van der Waals surface area contributed by atoms with E-state index in [1.54, 1.807) is 0 Å². The number of nitrogens with two attached hydrogens (primary N) is 1. The van der Waals surface area contributed by atoms with E-state index in [0.717, 1.165) is 16.7 Å². The van der Waals surface area contributed by atoms with Crippen LogP contribution in [0.2, 0.25) is 0 Å². The van der Waals surface area contributed by atoms with Crippen LogP contribution in [-0.4, -0.2) is 17.6 Å². The maximum atomic E-state index is 11.5. The molecule has 23 heavy (non-hydrogen) atoms. The van der Waals surface area contributed by atoms with Crippen LogP contribution in [0.3, 0.4) is 0 Å². The van der Waals surface area contributed by atoms with Gasteiger partial charge in [0.25, 0.3) is 0 Å². The van der Waals surface area contributed by atoms with Crippen molar-refractivity contribution in [2.45, 2.75) is 6.61 Å². The van der Waals surface area contributed by atoms with E-state index in [0.29, 0.717) is 4.99 Å². The molecule has 0 radical (unpaired) electrons. The minimum absolute atomic E-state index is 0.213. The van der Waals surface area contributed by atoms with E-state index in [1.165, 1.54) is 0 Å². The number of ether oxygens (including phenoxy) is 1. The minimum atomic E-state index is -0.494. The number of amides is 1. The van der Waals surface area contributed by atoms with E-state index in [-0.39, 0.29) is 13.2 Å². The van der Waals surface area contributed by atoms with Crippen molar-refractivity contribution in [3.8, 4) is 11.8 Å². The van der Waals surface area contributed by atoms with Crippen molar-refractivity contribution in [3.63, 3.8) is 0 Å². The summed E-state index contributed by atoms with van der Waals surface area (Å²) in [5.74, 6) is 5.79. The van der Waals surface area contributed by atoms with Crippen LogP contribution in [0.5, 0.6) is 0 Å². The van der Waals surface area contributed by atoms with E-state index in [4.69, 9.17) is 22.7 Å². The van der Waals surface area contributed by atoms with Crippen molar-refractivity contribution in [2.24, 2.45) is 5.73 Å². The number of nitrogens with one attached hydrogen (secondary N) is 1. The number of alkyl carbamates (subject to hydrolysis) is 1. The Bertz CT molecular complexity index is 731. The van der Waals surface area contributed by atoms with Crippen LogP contribution < -0.4 is 11.1 Å². The Morgan fingerprint density at radius 3 is 2.48 bits per heavy atom.